The van der Waals surface area contributed by atoms with E-state index in [0.29, 0.717) is 21.5 Å². The molecule has 0 aliphatic heterocycles. The van der Waals surface area contributed by atoms with Crippen LogP contribution in [0, 0.1) is 5.92 Å². The normalized spacial score (nSPS) is 16.5. The van der Waals surface area contributed by atoms with E-state index in [4.69, 9.17) is 11.6 Å². The van der Waals surface area contributed by atoms with Gasteiger partial charge in [0.2, 0.25) is 0 Å². The number of aromatic carboxylic acids is 1. The molecular weight excluding hydrogens is 346 g/mol. The lowest BCUT2D eigenvalue weighted by atomic mass is 9.86. The maximum atomic E-state index is 12.4. The van der Waals surface area contributed by atoms with Crippen molar-refractivity contribution < 1.29 is 14.7 Å². The number of thiophene rings is 1. The van der Waals surface area contributed by atoms with Crippen LogP contribution in [-0.2, 0) is 12.8 Å². The summed E-state index contributed by atoms with van der Waals surface area (Å²) in [4.78, 5) is 25.2. The predicted molar refractivity (Wildman–Crippen MR) is 96.5 cm³/mol. The number of benzene rings is 1. The minimum absolute atomic E-state index is 0.256. The molecule has 2 aromatic rings. The Balaban J connectivity index is 1.90. The first-order chi connectivity index (χ1) is 11.5. The topological polar surface area (TPSA) is 66.4 Å². The van der Waals surface area contributed by atoms with Gasteiger partial charge in [-0.25, -0.2) is 4.79 Å². The van der Waals surface area contributed by atoms with Crippen LogP contribution in [0.2, 0.25) is 5.02 Å². The first-order valence-electron chi connectivity index (χ1n) is 7.94. The standard InChI is InChI=1S/C18H18ClNO3S/c1-2-10-3-8-13-14(9-10)24-17(15(13)18(22)23)20-16(21)11-4-6-12(19)7-5-11/h4-7,10H,2-3,8-9H2,1H3,(H,20,21)(H,22,23)/t10-/m1/s1. The maximum absolute atomic E-state index is 12.4. The quantitative estimate of drug-likeness (QED) is 0.814. The molecule has 0 radical (unpaired) electrons. The summed E-state index contributed by atoms with van der Waals surface area (Å²) in [6.45, 7) is 2.16. The van der Waals surface area contributed by atoms with E-state index >= 15 is 0 Å². The van der Waals surface area contributed by atoms with Gasteiger partial charge < -0.3 is 10.4 Å². The molecule has 0 saturated carbocycles. The molecule has 0 unspecified atom stereocenters. The van der Waals surface area contributed by atoms with E-state index in [1.807, 2.05) is 0 Å². The number of anilines is 1. The highest BCUT2D eigenvalue weighted by Gasteiger charge is 2.29. The van der Waals surface area contributed by atoms with E-state index in [9.17, 15) is 14.7 Å². The molecule has 3 rings (SSSR count). The van der Waals surface area contributed by atoms with Gasteiger partial charge >= 0.3 is 5.97 Å². The number of rotatable bonds is 4. The van der Waals surface area contributed by atoms with Crippen LogP contribution in [0.15, 0.2) is 24.3 Å². The smallest absolute Gasteiger partial charge is 0.339 e. The summed E-state index contributed by atoms with van der Waals surface area (Å²) in [5.74, 6) is -0.703. The molecule has 126 valence electrons. The second-order valence-electron chi connectivity index (χ2n) is 5.99. The summed E-state index contributed by atoms with van der Waals surface area (Å²) in [7, 11) is 0. The lowest BCUT2D eigenvalue weighted by Crippen LogP contribution is -2.15. The average Bonchev–Trinajstić information content (AvgIpc) is 2.92. The highest BCUT2D eigenvalue weighted by atomic mass is 35.5. The van der Waals surface area contributed by atoms with Crippen LogP contribution < -0.4 is 5.32 Å². The van der Waals surface area contributed by atoms with Gasteiger partial charge in [0, 0.05) is 15.5 Å². The lowest BCUT2D eigenvalue weighted by Gasteiger charge is -2.20. The zero-order valence-corrected chi connectivity index (χ0v) is 14.8. The van der Waals surface area contributed by atoms with Crippen LogP contribution in [0.25, 0.3) is 0 Å². The molecule has 1 aliphatic carbocycles. The van der Waals surface area contributed by atoms with Gasteiger partial charge in [0.25, 0.3) is 5.91 Å². The van der Waals surface area contributed by atoms with Crippen LogP contribution in [-0.4, -0.2) is 17.0 Å². The van der Waals surface area contributed by atoms with Gasteiger partial charge in [-0.15, -0.1) is 11.3 Å². The van der Waals surface area contributed by atoms with Crippen LogP contribution in [0.4, 0.5) is 5.00 Å². The molecule has 1 heterocycles. The Bertz CT molecular complexity index is 782. The van der Waals surface area contributed by atoms with Crippen LogP contribution in [0.5, 0.6) is 0 Å². The summed E-state index contributed by atoms with van der Waals surface area (Å²) >= 11 is 7.23. The third-order valence-electron chi connectivity index (χ3n) is 4.49. The van der Waals surface area contributed by atoms with Gasteiger partial charge in [0.05, 0.1) is 5.56 Å². The molecule has 1 aromatic heterocycles. The minimum atomic E-state index is -0.978. The monoisotopic (exact) mass is 363 g/mol. The molecule has 0 bridgehead atoms. The van der Waals surface area contributed by atoms with Crippen molar-refractivity contribution in [2.75, 3.05) is 5.32 Å². The second-order valence-corrected chi connectivity index (χ2v) is 7.53. The van der Waals surface area contributed by atoms with Crippen molar-refractivity contribution in [3.63, 3.8) is 0 Å². The first kappa shape index (κ1) is 17.0. The molecule has 24 heavy (non-hydrogen) atoms. The van der Waals surface area contributed by atoms with Crippen LogP contribution >= 0.6 is 22.9 Å². The number of carboxylic acids is 1. The Kier molecular flexibility index (Phi) is 4.92. The van der Waals surface area contributed by atoms with Gasteiger partial charge in [0.1, 0.15) is 5.00 Å². The van der Waals surface area contributed by atoms with Crippen molar-refractivity contribution >= 4 is 39.8 Å². The van der Waals surface area contributed by atoms with Gasteiger partial charge in [-0.2, -0.15) is 0 Å². The van der Waals surface area contributed by atoms with Crippen molar-refractivity contribution in [2.45, 2.75) is 32.6 Å². The Labute approximate surface area is 149 Å². The van der Waals surface area contributed by atoms with Crippen molar-refractivity contribution in [2.24, 2.45) is 5.92 Å². The Hall–Kier alpha value is -1.85. The zero-order chi connectivity index (χ0) is 17.3. The zero-order valence-electron chi connectivity index (χ0n) is 13.3. The summed E-state index contributed by atoms with van der Waals surface area (Å²) in [6, 6.07) is 6.53. The number of fused-ring (bicyclic) bond motifs is 1. The molecular formula is C18H18ClNO3S. The van der Waals surface area contributed by atoms with E-state index in [1.54, 1.807) is 24.3 Å². The van der Waals surface area contributed by atoms with Crippen molar-refractivity contribution in [1.82, 2.24) is 0 Å². The minimum Gasteiger partial charge on any atom is -0.478 e. The molecule has 1 aliphatic rings. The van der Waals surface area contributed by atoms with Crippen LogP contribution in [0.1, 0.15) is 50.9 Å². The second kappa shape index (κ2) is 6.95. The van der Waals surface area contributed by atoms with Crippen LogP contribution in [0.3, 0.4) is 0 Å². The molecule has 0 fully saturated rings. The molecule has 2 N–H and O–H groups in total. The molecule has 1 atom stereocenters. The van der Waals surface area contributed by atoms with E-state index < -0.39 is 5.97 Å². The van der Waals surface area contributed by atoms with E-state index in [1.165, 1.54) is 11.3 Å². The fourth-order valence-electron chi connectivity index (χ4n) is 3.09. The summed E-state index contributed by atoms with van der Waals surface area (Å²) in [5, 5.41) is 13.4. The summed E-state index contributed by atoms with van der Waals surface area (Å²) in [6.07, 6.45) is 3.76. The Morgan fingerprint density at radius 1 is 1.33 bits per heavy atom. The fraction of sp³-hybridized carbons (Fsp3) is 0.333. The SMILES string of the molecule is CC[C@@H]1CCc2c(sc(NC(=O)c3ccc(Cl)cc3)c2C(=O)O)C1. The molecule has 1 aromatic carbocycles. The van der Waals surface area contributed by atoms with Crippen molar-refractivity contribution in [3.8, 4) is 0 Å². The third-order valence-corrected chi connectivity index (χ3v) is 5.91. The number of carbonyl (C=O) groups is 2. The van der Waals surface area contributed by atoms with Crippen molar-refractivity contribution in [3.05, 3.63) is 50.9 Å². The molecule has 0 saturated heterocycles. The molecule has 4 nitrogen and oxygen atoms in total. The fourth-order valence-corrected chi connectivity index (χ4v) is 4.57. The van der Waals surface area contributed by atoms with Gasteiger partial charge in [-0.3, -0.25) is 4.79 Å². The molecule has 0 spiro atoms. The molecule has 1 amide bonds. The number of hydrogen-bond acceptors (Lipinski definition) is 3. The Morgan fingerprint density at radius 3 is 2.67 bits per heavy atom. The number of hydrogen-bond donors (Lipinski definition) is 2. The lowest BCUT2D eigenvalue weighted by molar-refractivity contribution is 0.0697. The predicted octanol–water partition coefficient (Wildman–Crippen LogP) is 4.87. The molecule has 6 heteroatoms. The Morgan fingerprint density at radius 2 is 2.04 bits per heavy atom. The summed E-state index contributed by atoms with van der Waals surface area (Å²) < 4.78 is 0. The third kappa shape index (κ3) is 3.32. The largest absolute Gasteiger partial charge is 0.478 e. The van der Waals surface area contributed by atoms with Gasteiger partial charge in [0.15, 0.2) is 0 Å². The number of amides is 1. The number of halogens is 1. The van der Waals surface area contributed by atoms with E-state index in [2.05, 4.69) is 12.2 Å². The highest BCUT2D eigenvalue weighted by molar-refractivity contribution is 7.17. The highest BCUT2D eigenvalue weighted by Crippen LogP contribution is 2.40. The number of carboxylic acid groups (broad SMARTS) is 1. The maximum Gasteiger partial charge on any atom is 0.339 e. The van der Waals surface area contributed by atoms with Gasteiger partial charge in [-0.1, -0.05) is 24.9 Å². The number of nitrogens with one attached hydrogen (secondary N) is 1. The first-order valence-corrected chi connectivity index (χ1v) is 9.13. The van der Waals surface area contributed by atoms with Gasteiger partial charge in [-0.05, 0) is 55.0 Å². The van der Waals surface area contributed by atoms with E-state index in [-0.39, 0.29) is 11.5 Å². The van der Waals surface area contributed by atoms with E-state index in [0.717, 1.165) is 36.1 Å². The summed E-state index contributed by atoms with van der Waals surface area (Å²) in [5.41, 5.74) is 1.60. The number of carbonyl (C=O) groups excluding carboxylic acids is 1. The average molecular weight is 364 g/mol. The van der Waals surface area contributed by atoms with Crippen molar-refractivity contribution in [1.29, 1.82) is 0 Å².